The summed E-state index contributed by atoms with van der Waals surface area (Å²) in [5, 5.41) is 16.3. The van der Waals surface area contributed by atoms with Crippen molar-refractivity contribution in [2.24, 2.45) is 10.9 Å². The molecule has 1 heterocycles. The van der Waals surface area contributed by atoms with E-state index in [0.717, 1.165) is 29.9 Å². The summed E-state index contributed by atoms with van der Waals surface area (Å²) in [5.74, 6) is 1.27. The van der Waals surface area contributed by atoms with Crippen molar-refractivity contribution in [1.29, 1.82) is 0 Å². The third-order valence-electron chi connectivity index (χ3n) is 5.91. The molecule has 0 amide bonds. The molecule has 0 radical (unpaired) electrons. The van der Waals surface area contributed by atoms with Gasteiger partial charge < -0.3 is 25.2 Å². The first-order valence-corrected chi connectivity index (χ1v) is 11.5. The van der Waals surface area contributed by atoms with Crippen molar-refractivity contribution < 1.29 is 14.6 Å². The molecule has 0 bridgehead atoms. The number of aliphatic imine (C=N–C) groups is 1. The Morgan fingerprint density at radius 2 is 1.88 bits per heavy atom. The van der Waals surface area contributed by atoms with Crippen LogP contribution in [0.5, 0.6) is 0 Å². The molecule has 1 aromatic carbocycles. The van der Waals surface area contributed by atoms with Crippen LogP contribution >= 0.6 is 0 Å². The zero-order valence-corrected chi connectivity index (χ0v) is 20.0. The Morgan fingerprint density at radius 3 is 2.48 bits per heavy atom. The molecule has 178 valence electrons. The Morgan fingerprint density at radius 1 is 1.15 bits per heavy atom. The molecule has 3 rings (SSSR count). The predicted molar refractivity (Wildman–Crippen MR) is 132 cm³/mol. The smallest absolute Gasteiger partial charge is 0.217 e. The summed E-state index contributed by atoms with van der Waals surface area (Å²) in [6.07, 6.45) is 3.25. The summed E-state index contributed by atoms with van der Waals surface area (Å²) in [7, 11) is 1.73. The number of aliphatic hydroxyl groups is 1. The van der Waals surface area contributed by atoms with Crippen molar-refractivity contribution in [1.82, 2.24) is 10.3 Å². The molecule has 33 heavy (non-hydrogen) atoms. The molecule has 0 aliphatic heterocycles. The lowest BCUT2D eigenvalue weighted by Gasteiger charge is -2.35. The molecule has 0 spiro atoms. The van der Waals surface area contributed by atoms with E-state index in [-0.39, 0.29) is 24.3 Å². The van der Waals surface area contributed by atoms with Gasteiger partial charge in [-0.3, -0.25) is 4.99 Å². The van der Waals surface area contributed by atoms with Crippen LogP contribution in [0, 0.1) is 5.92 Å². The number of pyridine rings is 1. The molecule has 1 aliphatic rings. The number of hydrogen-bond acceptors (Lipinski definition) is 7. The van der Waals surface area contributed by atoms with Crippen molar-refractivity contribution >= 4 is 11.7 Å². The van der Waals surface area contributed by atoms with Crippen molar-refractivity contribution in [2.75, 3.05) is 12.4 Å². The van der Waals surface area contributed by atoms with Gasteiger partial charge in [-0.1, -0.05) is 43.8 Å². The Balaban J connectivity index is 1.43. The zero-order valence-electron chi connectivity index (χ0n) is 20.0. The van der Waals surface area contributed by atoms with Crippen LogP contribution < -0.4 is 10.6 Å². The van der Waals surface area contributed by atoms with Gasteiger partial charge in [0, 0.05) is 37.7 Å². The zero-order chi connectivity index (χ0) is 23.8. The first kappa shape index (κ1) is 24.7. The number of rotatable bonds is 11. The molecule has 3 atom stereocenters. The summed E-state index contributed by atoms with van der Waals surface area (Å²) in [6, 6.07) is 14.0. The van der Waals surface area contributed by atoms with Gasteiger partial charge in [0.05, 0.1) is 30.5 Å². The minimum atomic E-state index is -0.456. The van der Waals surface area contributed by atoms with Crippen molar-refractivity contribution in [3.05, 3.63) is 72.1 Å². The Labute approximate surface area is 197 Å². The summed E-state index contributed by atoms with van der Waals surface area (Å²) in [4.78, 5) is 8.80. The SMILES string of the molecule is C=C(NC(C)Nc1ccc(C(=NC)OC2CC(OCc3ccccc3)C2)cn1)[C@@H](C)[C@H](C)O. The highest BCUT2D eigenvalue weighted by Crippen LogP contribution is 2.28. The topological polar surface area (TPSA) is 88.0 Å². The fourth-order valence-corrected chi connectivity index (χ4v) is 3.51. The first-order chi connectivity index (χ1) is 15.9. The third kappa shape index (κ3) is 7.30. The average Bonchev–Trinajstić information content (AvgIpc) is 2.78. The Bertz CT molecular complexity index is 909. The number of benzene rings is 1. The molecule has 2 aromatic rings. The predicted octanol–water partition coefficient (Wildman–Crippen LogP) is 4.10. The van der Waals surface area contributed by atoms with Crippen LogP contribution in [0.2, 0.25) is 0 Å². The molecule has 1 fully saturated rings. The maximum absolute atomic E-state index is 9.71. The summed E-state index contributed by atoms with van der Waals surface area (Å²) in [6.45, 7) is 10.3. The second-order valence-electron chi connectivity index (χ2n) is 8.66. The van der Waals surface area contributed by atoms with Crippen LogP contribution in [0.1, 0.15) is 44.7 Å². The van der Waals surface area contributed by atoms with Gasteiger partial charge in [-0.05, 0) is 31.5 Å². The Hall–Kier alpha value is -2.90. The summed E-state index contributed by atoms with van der Waals surface area (Å²) >= 11 is 0. The molecule has 1 unspecified atom stereocenters. The van der Waals surface area contributed by atoms with Crippen molar-refractivity contribution in [2.45, 2.75) is 64.7 Å². The molecule has 7 nitrogen and oxygen atoms in total. The quantitative estimate of drug-likeness (QED) is 0.270. The van der Waals surface area contributed by atoms with Gasteiger partial charge in [0.15, 0.2) is 0 Å². The first-order valence-electron chi connectivity index (χ1n) is 11.5. The van der Waals surface area contributed by atoms with Crippen LogP contribution in [0.15, 0.2) is 65.9 Å². The van der Waals surface area contributed by atoms with Gasteiger partial charge in [0.1, 0.15) is 11.9 Å². The van der Waals surface area contributed by atoms with Gasteiger partial charge in [0.25, 0.3) is 0 Å². The summed E-state index contributed by atoms with van der Waals surface area (Å²) < 4.78 is 12.0. The number of ether oxygens (including phenoxy) is 2. The average molecular weight is 453 g/mol. The normalized spacial score (nSPS) is 20.8. The standard InChI is InChI=1S/C26H36N4O3/c1-17(19(3)31)18(2)29-20(4)30-25-12-11-22(15-28-25)26(27-5)33-24-13-23(14-24)32-16-21-9-7-6-8-10-21/h6-12,15,17,19-20,23-24,29,31H,2,13-14,16H2,1,3-5H3,(H,28,30)/t17-,19+,20?,23?,24?/m1/s1. The maximum atomic E-state index is 9.71. The van der Waals surface area contributed by atoms with Crippen LogP contribution in [-0.2, 0) is 16.1 Å². The highest BCUT2D eigenvalue weighted by molar-refractivity contribution is 5.94. The van der Waals surface area contributed by atoms with E-state index >= 15 is 0 Å². The second kappa shape index (κ2) is 11.8. The highest BCUT2D eigenvalue weighted by atomic mass is 16.5. The lowest BCUT2D eigenvalue weighted by atomic mass is 9.92. The van der Waals surface area contributed by atoms with Gasteiger partial charge >= 0.3 is 0 Å². The Kier molecular flexibility index (Phi) is 8.86. The number of aromatic nitrogens is 1. The van der Waals surface area contributed by atoms with E-state index in [1.807, 2.05) is 44.2 Å². The van der Waals surface area contributed by atoms with Gasteiger partial charge in [-0.25, -0.2) is 4.98 Å². The molecule has 3 N–H and O–H groups in total. The highest BCUT2D eigenvalue weighted by Gasteiger charge is 2.32. The minimum absolute atomic E-state index is 0.0418. The molecule has 1 saturated carbocycles. The fourth-order valence-electron chi connectivity index (χ4n) is 3.51. The molecule has 0 saturated heterocycles. The number of anilines is 1. The van der Waals surface area contributed by atoms with Crippen LogP contribution in [0.4, 0.5) is 5.82 Å². The van der Waals surface area contributed by atoms with E-state index in [1.165, 1.54) is 5.56 Å². The monoisotopic (exact) mass is 452 g/mol. The lowest BCUT2D eigenvalue weighted by molar-refractivity contribution is -0.0723. The van der Waals surface area contributed by atoms with E-state index in [2.05, 4.69) is 39.3 Å². The number of nitrogens with one attached hydrogen (secondary N) is 2. The van der Waals surface area contributed by atoms with E-state index in [4.69, 9.17) is 9.47 Å². The third-order valence-corrected chi connectivity index (χ3v) is 5.91. The second-order valence-corrected chi connectivity index (χ2v) is 8.66. The number of aliphatic hydroxyl groups excluding tert-OH is 1. The van der Waals surface area contributed by atoms with Crippen molar-refractivity contribution in [3.63, 3.8) is 0 Å². The van der Waals surface area contributed by atoms with Gasteiger partial charge in [0.2, 0.25) is 5.90 Å². The molecule has 7 heteroatoms. The fraction of sp³-hybridized carbons (Fsp3) is 0.462. The van der Waals surface area contributed by atoms with Crippen LogP contribution in [-0.4, -0.2) is 47.5 Å². The molecule has 1 aliphatic carbocycles. The van der Waals surface area contributed by atoms with Crippen LogP contribution in [0.25, 0.3) is 0 Å². The number of hydrogen-bond donors (Lipinski definition) is 3. The lowest BCUT2D eigenvalue weighted by Crippen LogP contribution is -2.39. The molecular weight excluding hydrogens is 416 g/mol. The van der Waals surface area contributed by atoms with E-state index in [9.17, 15) is 5.11 Å². The summed E-state index contributed by atoms with van der Waals surface area (Å²) in [5.41, 5.74) is 2.80. The maximum Gasteiger partial charge on any atom is 0.217 e. The minimum Gasteiger partial charge on any atom is -0.474 e. The number of nitrogens with zero attached hydrogens (tertiary/aromatic N) is 2. The largest absolute Gasteiger partial charge is 0.474 e. The van der Waals surface area contributed by atoms with E-state index < -0.39 is 6.10 Å². The van der Waals surface area contributed by atoms with E-state index in [1.54, 1.807) is 20.2 Å². The van der Waals surface area contributed by atoms with Gasteiger partial charge in [-0.15, -0.1) is 0 Å². The van der Waals surface area contributed by atoms with Crippen LogP contribution in [0.3, 0.4) is 0 Å². The van der Waals surface area contributed by atoms with Crippen molar-refractivity contribution in [3.8, 4) is 0 Å². The molecule has 1 aromatic heterocycles. The van der Waals surface area contributed by atoms with Gasteiger partial charge in [-0.2, -0.15) is 0 Å². The molecular formula is C26H36N4O3. The van der Waals surface area contributed by atoms with E-state index in [0.29, 0.717) is 12.5 Å².